The van der Waals surface area contributed by atoms with E-state index in [1.54, 1.807) is 12.5 Å². The Labute approximate surface area is 180 Å². The molecule has 0 N–H and O–H groups in total. The molecule has 150 valence electrons. The average molecular weight is 392 g/mol. The molecule has 0 bridgehead atoms. The molecular weight excluding hydrogens is 363 g/mol. The first-order valence-electron chi connectivity index (χ1n) is 11.0. The van der Waals surface area contributed by atoms with Gasteiger partial charge in [-0.25, -0.2) is 4.98 Å². The van der Waals surface area contributed by atoms with E-state index in [9.17, 15) is 0 Å². The van der Waals surface area contributed by atoms with E-state index in [0.29, 0.717) is 6.71 Å². The molecule has 2 nitrogen and oxygen atoms in total. The summed E-state index contributed by atoms with van der Waals surface area (Å²) in [5, 5.41) is 0. The van der Waals surface area contributed by atoms with E-state index in [1.165, 1.54) is 43.0 Å². The van der Waals surface area contributed by atoms with Crippen molar-refractivity contribution in [2.24, 2.45) is 0 Å². The van der Waals surface area contributed by atoms with Gasteiger partial charge in [0.1, 0.15) is 0 Å². The third-order valence-corrected chi connectivity index (χ3v) is 6.00. The van der Waals surface area contributed by atoms with Crippen molar-refractivity contribution in [2.45, 2.75) is 37.9 Å². The molecule has 0 amide bonds. The van der Waals surface area contributed by atoms with E-state index < -0.39 is 0 Å². The molecule has 0 atom stereocenters. The normalized spacial score (nSPS) is 13.9. The van der Waals surface area contributed by atoms with Crippen molar-refractivity contribution in [3.8, 4) is 5.69 Å². The Morgan fingerprint density at radius 1 is 0.667 bits per heavy atom. The first-order valence-corrected chi connectivity index (χ1v) is 11.0. The van der Waals surface area contributed by atoms with Crippen molar-refractivity contribution in [1.82, 2.24) is 9.55 Å². The topological polar surface area (TPSA) is 17.8 Å². The highest BCUT2D eigenvalue weighted by atomic mass is 15.0. The molecule has 5 rings (SSSR count). The van der Waals surface area contributed by atoms with Gasteiger partial charge in [0, 0.05) is 18.1 Å². The quantitative estimate of drug-likeness (QED) is 0.419. The predicted octanol–water partition coefficient (Wildman–Crippen LogP) is 5.50. The average Bonchev–Trinajstić information content (AvgIpc) is 3.38. The SMILES string of the molecule is c1ccc(-n2ccnc2)cc1.c1ccc(B(c2ccccc2)C2CCCCC2)cc1. The molecule has 1 aliphatic carbocycles. The van der Waals surface area contributed by atoms with Gasteiger partial charge in [0.15, 0.2) is 0 Å². The summed E-state index contributed by atoms with van der Waals surface area (Å²) >= 11 is 0. The van der Waals surface area contributed by atoms with Crippen LogP contribution in [0.2, 0.25) is 5.82 Å². The highest BCUT2D eigenvalue weighted by Gasteiger charge is 2.29. The van der Waals surface area contributed by atoms with Crippen LogP contribution in [0.15, 0.2) is 110 Å². The summed E-state index contributed by atoms with van der Waals surface area (Å²) in [5.41, 5.74) is 4.12. The van der Waals surface area contributed by atoms with Crippen molar-refractivity contribution in [2.75, 3.05) is 0 Å². The largest absolute Gasteiger partial charge is 0.306 e. The fourth-order valence-corrected chi connectivity index (χ4v) is 4.54. The first kappa shape index (κ1) is 20.2. The Morgan fingerprint density at radius 3 is 1.70 bits per heavy atom. The number of hydrogen-bond acceptors (Lipinski definition) is 1. The van der Waals surface area contributed by atoms with E-state index in [2.05, 4.69) is 65.6 Å². The number of nitrogens with zero attached hydrogens (tertiary/aromatic N) is 2. The maximum absolute atomic E-state index is 3.96. The van der Waals surface area contributed by atoms with Crippen molar-refractivity contribution in [3.05, 3.63) is 110 Å². The van der Waals surface area contributed by atoms with Gasteiger partial charge in [0.25, 0.3) is 0 Å². The minimum atomic E-state index is 0.586. The minimum Gasteiger partial charge on any atom is -0.306 e. The van der Waals surface area contributed by atoms with Crippen LogP contribution < -0.4 is 10.9 Å². The van der Waals surface area contributed by atoms with Crippen LogP contribution in [0, 0.1) is 0 Å². The van der Waals surface area contributed by atoms with E-state index in [4.69, 9.17) is 0 Å². The number of rotatable bonds is 4. The molecule has 1 aliphatic rings. The zero-order valence-electron chi connectivity index (χ0n) is 17.5. The van der Waals surface area contributed by atoms with Crippen molar-refractivity contribution in [1.29, 1.82) is 0 Å². The summed E-state index contributed by atoms with van der Waals surface area (Å²) in [6.07, 6.45) is 12.5. The Hall–Kier alpha value is -3.07. The molecule has 1 heterocycles. The summed E-state index contributed by atoms with van der Waals surface area (Å²) < 4.78 is 1.97. The van der Waals surface area contributed by atoms with Crippen LogP contribution in [0.4, 0.5) is 0 Å². The van der Waals surface area contributed by atoms with Gasteiger partial charge in [-0.3, -0.25) is 0 Å². The zero-order valence-corrected chi connectivity index (χ0v) is 17.5. The van der Waals surface area contributed by atoms with Gasteiger partial charge < -0.3 is 4.57 Å². The second kappa shape index (κ2) is 10.6. The van der Waals surface area contributed by atoms with E-state index in [-0.39, 0.29) is 0 Å². The third kappa shape index (κ3) is 5.30. The lowest BCUT2D eigenvalue weighted by Crippen LogP contribution is -2.46. The van der Waals surface area contributed by atoms with Crippen LogP contribution in [0.1, 0.15) is 32.1 Å². The van der Waals surface area contributed by atoms with Crippen LogP contribution in [0.5, 0.6) is 0 Å². The lowest BCUT2D eigenvalue weighted by atomic mass is 9.32. The van der Waals surface area contributed by atoms with Gasteiger partial charge in [-0.15, -0.1) is 0 Å². The second-order valence-electron chi connectivity index (χ2n) is 8.00. The standard InChI is InChI=1S/C18H21B.C9H8N2/c1-4-10-16(11-5-1)19(17-12-6-2-7-13-17)18-14-8-3-9-15-18;1-2-4-9(5-3-1)11-7-6-10-8-11/h1-2,4-7,10-13,18H,3,8-9,14-15H2;1-8H. The van der Waals surface area contributed by atoms with E-state index in [1.807, 2.05) is 41.1 Å². The molecule has 0 saturated heterocycles. The molecular formula is C27H29BN2. The van der Waals surface area contributed by atoms with Crippen LogP contribution in [-0.4, -0.2) is 16.3 Å². The van der Waals surface area contributed by atoms with Gasteiger partial charge >= 0.3 is 0 Å². The molecule has 3 aromatic carbocycles. The molecule has 1 saturated carbocycles. The summed E-state index contributed by atoms with van der Waals surface area (Å²) in [7, 11) is 0. The van der Waals surface area contributed by atoms with Gasteiger partial charge in [-0.2, -0.15) is 0 Å². The molecule has 1 aromatic heterocycles. The molecule has 0 spiro atoms. The van der Waals surface area contributed by atoms with Gasteiger partial charge in [-0.05, 0) is 12.1 Å². The number of hydrogen-bond donors (Lipinski definition) is 0. The van der Waals surface area contributed by atoms with Gasteiger partial charge in [0.2, 0.25) is 6.71 Å². The smallest absolute Gasteiger partial charge is 0.212 e. The summed E-state index contributed by atoms with van der Waals surface area (Å²) in [6.45, 7) is 0.586. The lowest BCUT2D eigenvalue weighted by Gasteiger charge is -2.28. The highest BCUT2D eigenvalue weighted by Crippen LogP contribution is 2.31. The third-order valence-electron chi connectivity index (χ3n) is 6.00. The van der Waals surface area contributed by atoms with Crippen molar-refractivity contribution >= 4 is 17.6 Å². The maximum Gasteiger partial charge on any atom is 0.212 e. The van der Waals surface area contributed by atoms with Crippen LogP contribution >= 0.6 is 0 Å². The molecule has 0 unspecified atom stereocenters. The van der Waals surface area contributed by atoms with Crippen molar-refractivity contribution < 1.29 is 0 Å². The Bertz CT molecular complexity index is 924. The van der Waals surface area contributed by atoms with Crippen LogP contribution in [-0.2, 0) is 0 Å². The van der Waals surface area contributed by atoms with Gasteiger partial charge in [-0.1, -0.05) is 128 Å². The molecule has 1 fully saturated rings. The number of benzene rings is 3. The Balaban J connectivity index is 0.000000168. The first-order chi connectivity index (χ1) is 14.9. The zero-order chi connectivity index (χ0) is 20.4. The van der Waals surface area contributed by atoms with Crippen molar-refractivity contribution in [3.63, 3.8) is 0 Å². The summed E-state index contributed by atoms with van der Waals surface area (Å²) in [6, 6.07) is 32.2. The highest BCUT2D eigenvalue weighted by molar-refractivity contribution is 6.86. The summed E-state index contributed by atoms with van der Waals surface area (Å²) in [4.78, 5) is 3.96. The minimum absolute atomic E-state index is 0.586. The summed E-state index contributed by atoms with van der Waals surface area (Å²) in [5.74, 6) is 0.818. The predicted molar refractivity (Wildman–Crippen MR) is 128 cm³/mol. The molecule has 4 aromatic rings. The molecule has 3 heteroatoms. The fourth-order valence-electron chi connectivity index (χ4n) is 4.54. The molecule has 0 aliphatic heterocycles. The van der Waals surface area contributed by atoms with E-state index in [0.717, 1.165) is 11.5 Å². The van der Waals surface area contributed by atoms with Crippen LogP contribution in [0.25, 0.3) is 5.69 Å². The fraction of sp³-hybridized carbons (Fsp3) is 0.222. The molecule has 0 radical (unpaired) electrons. The maximum atomic E-state index is 3.96. The monoisotopic (exact) mass is 392 g/mol. The second-order valence-corrected chi connectivity index (χ2v) is 8.00. The number of aromatic nitrogens is 2. The molecule has 30 heavy (non-hydrogen) atoms. The Kier molecular flexibility index (Phi) is 7.17. The lowest BCUT2D eigenvalue weighted by molar-refractivity contribution is 0.499. The van der Waals surface area contributed by atoms with Crippen LogP contribution in [0.3, 0.4) is 0 Å². The van der Waals surface area contributed by atoms with Gasteiger partial charge in [0.05, 0.1) is 6.33 Å². The van der Waals surface area contributed by atoms with E-state index >= 15 is 0 Å². The Morgan fingerprint density at radius 2 is 1.20 bits per heavy atom. The number of para-hydroxylation sites is 1. The number of imidazole rings is 1.